The fourth-order valence-electron chi connectivity index (χ4n) is 0. The largest absolute Gasteiger partial charge is 3.00 e. The normalized spacial score (nSPS) is 8.31. The Morgan fingerprint density at radius 2 is 0.385 bits per heavy atom. The molecule has 0 aromatic heterocycles. The zero-order chi connectivity index (χ0) is 10.7. The zero-order valence-corrected chi connectivity index (χ0v) is 13.8. The molecule has 13 heteroatoms. The molecule has 0 N–H and O–H groups in total. The summed E-state index contributed by atoms with van der Waals surface area (Å²) in [5, 5.41) is 0. The van der Waals surface area contributed by atoms with Crippen LogP contribution in [0.4, 0.5) is 0 Å². The molecule has 78 valence electrons. The maximum atomic E-state index is 8.52. The van der Waals surface area contributed by atoms with E-state index in [2.05, 4.69) is 0 Å². The Hall–Kier alpha value is 2.44. The third-order valence-corrected chi connectivity index (χ3v) is 0. The van der Waals surface area contributed by atoms with E-state index in [9.17, 15) is 0 Å². The fourth-order valence-corrected chi connectivity index (χ4v) is 0. The summed E-state index contributed by atoms with van der Waals surface area (Å²) in [5.41, 5.74) is 0. The molecule has 0 heterocycles. The Balaban J connectivity index is -0.0000000450. The SMILES string of the molecule is [O-][Br+2]([O-])[O-].[O-][Br+2]([O-])[O-].[O-][Br+2]([O-])[O-].[Pr+3]. The zero-order valence-electron chi connectivity index (χ0n) is 5.39. The van der Waals surface area contributed by atoms with Gasteiger partial charge >= 0.3 is 41.3 Å². The van der Waals surface area contributed by atoms with Gasteiger partial charge in [-0.3, -0.25) is 0 Å². The van der Waals surface area contributed by atoms with Crippen molar-refractivity contribution < 1.29 is 124 Å². The summed E-state index contributed by atoms with van der Waals surface area (Å²) < 4.78 is 76.7. The molecule has 9 nitrogen and oxygen atoms in total. The predicted octanol–water partition coefficient (Wildman–Crippen LogP) is -10.7. The first kappa shape index (κ1) is 24.6. The Labute approximate surface area is 122 Å². The van der Waals surface area contributed by atoms with Crippen LogP contribution in [0.1, 0.15) is 0 Å². The molecule has 0 spiro atoms. The Kier molecular flexibility index (Phi) is 37.7. The van der Waals surface area contributed by atoms with E-state index in [1.165, 1.54) is 0 Å². The molecule has 0 aliphatic rings. The van der Waals surface area contributed by atoms with Gasteiger partial charge in [-0.2, -0.15) is 0 Å². The van der Waals surface area contributed by atoms with Crippen molar-refractivity contribution in [2.75, 3.05) is 0 Å². The van der Waals surface area contributed by atoms with Crippen LogP contribution in [0.5, 0.6) is 0 Å². The van der Waals surface area contributed by atoms with Crippen LogP contribution in [-0.2, 0) is 0 Å². The molecule has 0 radical (unpaired) electrons. The Bertz CT molecular complexity index is 43.4. The maximum Gasteiger partial charge on any atom is 3.00 e. The van der Waals surface area contributed by atoms with Crippen molar-refractivity contribution >= 4 is 0 Å². The number of halogens is 3. The molecule has 0 fully saturated rings. The molecule has 0 amide bonds. The van der Waals surface area contributed by atoms with Crippen molar-refractivity contribution in [3.63, 3.8) is 0 Å². The quantitative estimate of drug-likeness (QED) is 0.294. The minimum Gasteiger partial charge on any atom is -0.405 e. The molecule has 0 atom stereocenters. The van der Waals surface area contributed by atoms with E-state index in [-0.39, 0.29) is 41.3 Å². The average molecular weight is 525 g/mol. The van der Waals surface area contributed by atoms with Gasteiger partial charge in [0.25, 0.3) is 0 Å². The van der Waals surface area contributed by atoms with Crippen LogP contribution in [0, 0.1) is 85.7 Å². The van der Waals surface area contributed by atoms with Crippen LogP contribution in [-0.4, -0.2) is 0 Å². The average Bonchev–Trinajstić information content (AvgIpc) is 1.54. The summed E-state index contributed by atoms with van der Waals surface area (Å²) >= 11 is -10.9. The molecule has 0 aromatic rings. The molecule has 0 aliphatic carbocycles. The van der Waals surface area contributed by atoms with Crippen LogP contribution in [0.2, 0.25) is 0 Å². The van der Waals surface area contributed by atoms with Crippen molar-refractivity contribution in [1.29, 1.82) is 0 Å². The van der Waals surface area contributed by atoms with Crippen molar-refractivity contribution in [2.24, 2.45) is 0 Å². The van der Waals surface area contributed by atoms with Crippen molar-refractivity contribution in [2.45, 2.75) is 0 Å². The van der Waals surface area contributed by atoms with E-state index in [4.69, 9.17) is 37.8 Å². The van der Waals surface area contributed by atoms with Gasteiger partial charge in [-0.05, 0) is 0 Å². The summed E-state index contributed by atoms with van der Waals surface area (Å²) in [6.45, 7) is 0. The second-order valence-corrected chi connectivity index (χ2v) is 2.95. The first-order valence-electron chi connectivity index (χ1n) is 1.39. The third-order valence-electron chi connectivity index (χ3n) is 0. The monoisotopic (exact) mass is 522 g/mol. The summed E-state index contributed by atoms with van der Waals surface area (Å²) in [4.78, 5) is 0. The van der Waals surface area contributed by atoms with Crippen molar-refractivity contribution in [3.05, 3.63) is 0 Å². The second-order valence-electron chi connectivity index (χ2n) is 0.567. The first-order chi connectivity index (χ1) is 5.20. The van der Waals surface area contributed by atoms with Gasteiger partial charge in [-0.15, -0.1) is 0 Å². The van der Waals surface area contributed by atoms with Gasteiger partial charge in [0.05, 0.1) is 0 Å². The van der Waals surface area contributed by atoms with E-state index in [0.717, 1.165) is 0 Å². The third kappa shape index (κ3) is 375. The molecule has 0 saturated heterocycles. The van der Waals surface area contributed by atoms with Gasteiger partial charge in [0.1, 0.15) is 0 Å². The summed E-state index contributed by atoms with van der Waals surface area (Å²) in [6, 6.07) is 0. The molecular weight excluding hydrogens is 525 g/mol. The predicted molar refractivity (Wildman–Crippen MR) is 0 cm³/mol. The molecule has 0 aliphatic heterocycles. The molecule has 0 aromatic carbocycles. The molecule has 13 heavy (non-hydrogen) atoms. The summed E-state index contributed by atoms with van der Waals surface area (Å²) in [7, 11) is 0. The van der Waals surface area contributed by atoms with E-state index < -0.39 is 44.4 Å². The molecule has 0 saturated carbocycles. The van der Waals surface area contributed by atoms with E-state index in [1.807, 2.05) is 0 Å². The van der Waals surface area contributed by atoms with Gasteiger partial charge in [-0.25, -0.2) is 0 Å². The van der Waals surface area contributed by atoms with Crippen LogP contribution < -0.4 is 37.8 Å². The number of hydrogen-bond donors (Lipinski definition) is 0. The first-order valence-corrected chi connectivity index (χ1v) is 7.22. The summed E-state index contributed by atoms with van der Waals surface area (Å²) in [6.07, 6.45) is 0. The number of rotatable bonds is 0. The Morgan fingerprint density at radius 3 is 0.385 bits per heavy atom. The molecular formula is Br3O9Pr. The van der Waals surface area contributed by atoms with Crippen molar-refractivity contribution in [3.8, 4) is 0 Å². The van der Waals surface area contributed by atoms with Crippen LogP contribution in [0.3, 0.4) is 0 Å². The fraction of sp³-hybridized carbons (Fsp3) is 0. The number of hydrogen-bond acceptors (Lipinski definition) is 9. The smallest absolute Gasteiger partial charge is 0.405 e. The van der Waals surface area contributed by atoms with E-state index >= 15 is 0 Å². The second kappa shape index (κ2) is 19.9. The molecule has 0 rings (SSSR count). The van der Waals surface area contributed by atoms with Gasteiger partial charge < -0.3 is 37.8 Å². The standard InChI is InChI=1S/3BrO3.Pr/c3*2-1(3)4;/q3*-1;+3. The van der Waals surface area contributed by atoms with Crippen LogP contribution >= 0.6 is 0 Å². The van der Waals surface area contributed by atoms with Crippen molar-refractivity contribution in [1.82, 2.24) is 0 Å². The molecule has 0 bridgehead atoms. The van der Waals surface area contributed by atoms with Gasteiger partial charge in [0.2, 0.25) is 44.4 Å². The van der Waals surface area contributed by atoms with Crippen LogP contribution in [0.25, 0.3) is 0 Å². The maximum absolute atomic E-state index is 8.52. The van der Waals surface area contributed by atoms with Gasteiger partial charge in [-0.1, -0.05) is 0 Å². The minimum atomic E-state index is -3.65. The topological polar surface area (TPSA) is 208 Å². The molecule has 0 unspecified atom stereocenters. The van der Waals surface area contributed by atoms with Gasteiger partial charge in [0, 0.05) is 0 Å². The van der Waals surface area contributed by atoms with Gasteiger partial charge in [0.15, 0.2) is 0 Å². The minimum absolute atomic E-state index is 0. The summed E-state index contributed by atoms with van der Waals surface area (Å²) in [5.74, 6) is 0. The van der Waals surface area contributed by atoms with E-state index in [1.54, 1.807) is 0 Å². The van der Waals surface area contributed by atoms with Crippen LogP contribution in [0.15, 0.2) is 0 Å². The van der Waals surface area contributed by atoms with E-state index in [0.29, 0.717) is 0 Å². The Morgan fingerprint density at radius 1 is 0.385 bits per heavy atom.